The van der Waals surface area contributed by atoms with Gasteiger partial charge in [0.25, 0.3) is 5.91 Å². The molecule has 0 spiro atoms. The lowest BCUT2D eigenvalue weighted by atomic mass is 10.1. The van der Waals surface area contributed by atoms with Crippen LogP contribution in [0.1, 0.15) is 15.9 Å². The third-order valence-electron chi connectivity index (χ3n) is 3.98. The van der Waals surface area contributed by atoms with Crippen LogP contribution in [0.3, 0.4) is 0 Å². The zero-order valence-electron chi connectivity index (χ0n) is 13.1. The van der Waals surface area contributed by atoms with E-state index in [1.165, 1.54) is 6.07 Å². The average Bonchev–Trinajstić information content (AvgIpc) is 2.58. The maximum absolute atomic E-state index is 12.3. The molecule has 5 heteroatoms. The van der Waals surface area contributed by atoms with Crippen LogP contribution in [0.5, 0.6) is 5.75 Å². The van der Waals surface area contributed by atoms with Crippen molar-refractivity contribution >= 4 is 17.3 Å². The minimum Gasteiger partial charge on any atom is -0.507 e. The van der Waals surface area contributed by atoms with Gasteiger partial charge >= 0.3 is 0 Å². The molecule has 120 valence electrons. The second-order valence-electron chi connectivity index (χ2n) is 5.57. The molecule has 1 amide bonds. The van der Waals surface area contributed by atoms with Crippen molar-refractivity contribution in [1.29, 1.82) is 0 Å². The highest BCUT2D eigenvalue weighted by Crippen LogP contribution is 2.25. The number of benzene rings is 2. The van der Waals surface area contributed by atoms with Crippen LogP contribution in [-0.2, 0) is 4.74 Å². The summed E-state index contributed by atoms with van der Waals surface area (Å²) in [6.07, 6.45) is 0. The number of anilines is 2. The van der Waals surface area contributed by atoms with E-state index in [2.05, 4.69) is 16.3 Å². The second kappa shape index (κ2) is 6.71. The summed E-state index contributed by atoms with van der Waals surface area (Å²) in [5.74, 6) is -0.335. The van der Waals surface area contributed by atoms with Gasteiger partial charge in [0.05, 0.1) is 18.8 Å². The Labute approximate surface area is 135 Å². The monoisotopic (exact) mass is 312 g/mol. The Morgan fingerprint density at radius 3 is 2.61 bits per heavy atom. The van der Waals surface area contributed by atoms with Gasteiger partial charge < -0.3 is 20.1 Å². The Balaban J connectivity index is 1.76. The van der Waals surface area contributed by atoms with Crippen molar-refractivity contribution < 1.29 is 14.6 Å². The fraction of sp³-hybridized carbons (Fsp3) is 0.278. The van der Waals surface area contributed by atoms with Crippen molar-refractivity contribution in [2.75, 3.05) is 36.5 Å². The normalized spacial score (nSPS) is 14.6. The maximum atomic E-state index is 12.3. The summed E-state index contributed by atoms with van der Waals surface area (Å²) in [5.41, 5.74) is 3.13. The summed E-state index contributed by atoms with van der Waals surface area (Å²) in [4.78, 5) is 14.5. The Bertz CT molecular complexity index is 709. The highest BCUT2D eigenvalue weighted by atomic mass is 16.5. The van der Waals surface area contributed by atoms with Crippen LogP contribution in [0.25, 0.3) is 0 Å². The molecule has 0 aromatic heterocycles. The quantitative estimate of drug-likeness (QED) is 0.915. The topological polar surface area (TPSA) is 61.8 Å². The molecule has 3 rings (SSSR count). The van der Waals surface area contributed by atoms with Crippen molar-refractivity contribution in [2.45, 2.75) is 6.92 Å². The fourth-order valence-corrected chi connectivity index (χ4v) is 2.66. The number of amides is 1. The zero-order chi connectivity index (χ0) is 16.2. The minimum absolute atomic E-state index is 0.0208. The molecular weight excluding hydrogens is 292 g/mol. The Morgan fingerprint density at radius 2 is 1.91 bits per heavy atom. The van der Waals surface area contributed by atoms with E-state index in [1.54, 1.807) is 18.2 Å². The van der Waals surface area contributed by atoms with E-state index >= 15 is 0 Å². The molecule has 2 N–H and O–H groups in total. The first-order valence-corrected chi connectivity index (χ1v) is 7.68. The van der Waals surface area contributed by atoms with E-state index in [0.29, 0.717) is 0 Å². The third kappa shape index (κ3) is 3.46. The maximum Gasteiger partial charge on any atom is 0.259 e. The summed E-state index contributed by atoms with van der Waals surface area (Å²) in [5, 5.41) is 12.6. The van der Waals surface area contributed by atoms with Crippen LogP contribution in [0.4, 0.5) is 11.4 Å². The number of nitrogens with zero attached hydrogens (tertiary/aromatic N) is 1. The van der Waals surface area contributed by atoms with Gasteiger partial charge in [-0.2, -0.15) is 0 Å². The number of ether oxygens (including phenoxy) is 1. The van der Waals surface area contributed by atoms with Crippen LogP contribution in [0, 0.1) is 6.92 Å². The predicted molar refractivity (Wildman–Crippen MR) is 90.3 cm³/mol. The Kier molecular flexibility index (Phi) is 4.48. The molecule has 1 aliphatic rings. The zero-order valence-corrected chi connectivity index (χ0v) is 13.1. The van der Waals surface area contributed by atoms with E-state index in [1.807, 2.05) is 19.1 Å². The van der Waals surface area contributed by atoms with Gasteiger partial charge in [0.15, 0.2) is 0 Å². The van der Waals surface area contributed by atoms with E-state index in [-0.39, 0.29) is 17.2 Å². The molecule has 1 aliphatic heterocycles. The number of carbonyl (C=O) groups excluding carboxylic acids is 1. The molecule has 1 saturated heterocycles. The number of phenolic OH excluding ortho intramolecular Hbond substituents is 1. The molecule has 0 aliphatic carbocycles. The molecule has 1 heterocycles. The van der Waals surface area contributed by atoms with Gasteiger partial charge in [-0.15, -0.1) is 0 Å². The molecule has 0 radical (unpaired) electrons. The van der Waals surface area contributed by atoms with Crippen molar-refractivity contribution in [3.8, 4) is 5.75 Å². The van der Waals surface area contributed by atoms with Gasteiger partial charge in [-0.3, -0.25) is 4.79 Å². The van der Waals surface area contributed by atoms with Gasteiger partial charge in [-0.25, -0.2) is 0 Å². The molecule has 2 aromatic carbocycles. The van der Waals surface area contributed by atoms with Crippen molar-refractivity contribution in [2.24, 2.45) is 0 Å². The van der Waals surface area contributed by atoms with Gasteiger partial charge in [-0.1, -0.05) is 12.1 Å². The Morgan fingerprint density at radius 1 is 1.17 bits per heavy atom. The van der Waals surface area contributed by atoms with E-state index in [4.69, 9.17) is 4.74 Å². The van der Waals surface area contributed by atoms with Gasteiger partial charge in [0, 0.05) is 24.5 Å². The van der Waals surface area contributed by atoms with E-state index in [9.17, 15) is 9.90 Å². The molecule has 2 aromatic rings. The van der Waals surface area contributed by atoms with E-state index in [0.717, 1.165) is 43.2 Å². The first kappa shape index (κ1) is 15.4. The average molecular weight is 312 g/mol. The molecular formula is C18H20N2O3. The molecule has 0 atom stereocenters. The fourth-order valence-electron chi connectivity index (χ4n) is 2.66. The number of hydrogen-bond acceptors (Lipinski definition) is 4. The third-order valence-corrected chi connectivity index (χ3v) is 3.98. The van der Waals surface area contributed by atoms with Gasteiger partial charge in [0.2, 0.25) is 0 Å². The number of para-hydroxylation sites is 1. The smallest absolute Gasteiger partial charge is 0.259 e. The number of carbonyl (C=O) groups is 1. The molecule has 0 unspecified atom stereocenters. The number of morpholine rings is 1. The van der Waals surface area contributed by atoms with Crippen molar-refractivity contribution in [1.82, 2.24) is 0 Å². The first-order chi connectivity index (χ1) is 11.1. The number of hydrogen-bond donors (Lipinski definition) is 2. The SMILES string of the molecule is Cc1cc(N2CCOCC2)ccc1NC(=O)c1ccccc1O. The van der Waals surface area contributed by atoms with Crippen LogP contribution < -0.4 is 10.2 Å². The minimum atomic E-state index is -0.315. The highest BCUT2D eigenvalue weighted by Gasteiger charge is 2.14. The molecule has 0 saturated carbocycles. The number of aromatic hydroxyl groups is 1. The number of aryl methyl sites for hydroxylation is 1. The van der Waals surface area contributed by atoms with Gasteiger partial charge in [0.1, 0.15) is 5.75 Å². The van der Waals surface area contributed by atoms with Crippen LogP contribution in [-0.4, -0.2) is 37.3 Å². The largest absolute Gasteiger partial charge is 0.507 e. The summed E-state index contributed by atoms with van der Waals surface area (Å²) in [7, 11) is 0. The molecule has 23 heavy (non-hydrogen) atoms. The number of nitrogens with one attached hydrogen (secondary N) is 1. The highest BCUT2D eigenvalue weighted by molar-refractivity contribution is 6.06. The van der Waals surface area contributed by atoms with E-state index < -0.39 is 0 Å². The van der Waals surface area contributed by atoms with Crippen LogP contribution >= 0.6 is 0 Å². The second-order valence-corrected chi connectivity index (χ2v) is 5.57. The number of phenols is 1. The molecule has 0 bridgehead atoms. The summed E-state index contributed by atoms with van der Waals surface area (Å²) >= 11 is 0. The first-order valence-electron chi connectivity index (χ1n) is 7.68. The summed E-state index contributed by atoms with van der Waals surface area (Å²) < 4.78 is 5.37. The number of rotatable bonds is 3. The van der Waals surface area contributed by atoms with Crippen LogP contribution in [0.2, 0.25) is 0 Å². The summed E-state index contributed by atoms with van der Waals surface area (Å²) in [6.45, 7) is 5.20. The lowest BCUT2D eigenvalue weighted by Gasteiger charge is -2.29. The van der Waals surface area contributed by atoms with Crippen molar-refractivity contribution in [3.05, 3.63) is 53.6 Å². The van der Waals surface area contributed by atoms with Crippen molar-refractivity contribution in [3.63, 3.8) is 0 Å². The molecule has 5 nitrogen and oxygen atoms in total. The Hall–Kier alpha value is -2.53. The van der Waals surface area contributed by atoms with Gasteiger partial charge in [-0.05, 0) is 42.8 Å². The predicted octanol–water partition coefficient (Wildman–Crippen LogP) is 2.79. The van der Waals surface area contributed by atoms with Crippen LogP contribution in [0.15, 0.2) is 42.5 Å². The lowest BCUT2D eigenvalue weighted by molar-refractivity contribution is 0.102. The standard InChI is InChI=1S/C18H20N2O3/c1-13-12-14(20-8-10-23-11-9-20)6-7-16(13)19-18(22)15-4-2-3-5-17(15)21/h2-7,12,21H,8-11H2,1H3,(H,19,22). The summed E-state index contributed by atoms with van der Waals surface area (Å²) in [6, 6.07) is 12.5. The lowest BCUT2D eigenvalue weighted by Crippen LogP contribution is -2.36. The molecule has 1 fully saturated rings.